The highest BCUT2D eigenvalue weighted by Gasteiger charge is 2.27. The molecular formula is C11H19N3. The average Bonchev–Trinajstić information content (AvgIpc) is 2.15. The lowest BCUT2D eigenvalue weighted by Gasteiger charge is -2.32. The van der Waals surface area contributed by atoms with Crippen LogP contribution in [0.25, 0.3) is 0 Å². The Morgan fingerprint density at radius 1 is 1.14 bits per heavy atom. The van der Waals surface area contributed by atoms with E-state index in [-0.39, 0.29) is 17.5 Å². The van der Waals surface area contributed by atoms with Gasteiger partial charge in [-0.3, -0.25) is 4.98 Å². The first-order valence-corrected chi connectivity index (χ1v) is 4.84. The third-order valence-corrected chi connectivity index (χ3v) is 2.48. The molecule has 78 valence electrons. The molecule has 1 aromatic rings. The van der Waals surface area contributed by atoms with Gasteiger partial charge in [0.05, 0.1) is 0 Å². The largest absolute Gasteiger partial charge is 0.326 e. The summed E-state index contributed by atoms with van der Waals surface area (Å²) in [6, 6.07) is 3.65. The molecule has 1 aromatic heterocycles. The third-order valence-electron chi connectivity index (χ3n) is 2.48. The van der Waals surface area contributed by atoms with Crippen LogP contribution in [0.3, 0.4) is 0 Å². The van der Waals surface area contributed by atoms with E-state index < -0.39 is 0 Å². The molecule has 0 bridgehead atoms. The second-order valence-electron chi connectivity index (χ2n) is 4.70. The molecular weight excluding hydrogens is 174 g/mol. The molecule has 0 saturated carbocycles. The zero-order valence-corrected chi connectivity index (χ0v) is 9.07. The molecule has 0 amide bonds. The van der Waals surface area contributed by atoms with Gasteiger partial charge in [0, 0.05) is 24.5 Å². The molecule has 0 saturated heterocycles. The Kier molecular flexibility index (Phi) is 3.24. The number of nitrogens with zero attached hydrogens (tertiary/aromatic N) is 1. The summed E-state index contributed by atoms with van der Waals surface area (Å²) in [6.07, 6.45) is 3.48. The molecule has 0 spiro atoms. The first-order valence-electron chi connectivity index (χ1n) is 4.84. The van der Waals surface area contributed by atoms with Gasteiger partial charge in [-0.2, -0.15) is 0 Å². The van der Waals surface area contributed by atoms with Crippen LogP contribution in [0.1, 0.15) is 32.4 Å². The van der Waals surface area contributed by atoms with E-state index in [0.717, 1.165) is 5.56 Å². The third kappa shape index (κ3) is 2.53. The minimum Gasteiger partial charge on any atom is -0.326 e. The molecule has 0 aliphatic carbocycles. The fourth-order valence-corrected chi connectivity index (χ4v) is 1.33. The standard InChI is InChI=1S/C11H19N3/c1-11(2,3)10(13)9(12)8-4-6-14-7-5-8/h4-7,9-10H,12-13H2,1-3H3/t9-,10+/m0/s1. The molecule has 0 aliphatic heterocycles. The van der Waals surface area contributed by atoms with Gasteiger partial charge in [0.2, 0.25) is 0 Å². The number of pyridine rings is 1. The van der Waals surface area contributed by atoms with Crippen molar-refractivity contribution in [3.63, 3.8) is 0 Å². The van der Waals surface area contributed by atoms with E-state index in [1.807, 2.05) is 12.1 Å². The first-order chi connectivity index (χ1) is 6.43. The monoisotopic (exact) mass is 193 g/mol. The summed E-state index contributed by atoms with van der Waals surface area (Å²) < 4.78 is 0. The minimum absolute atomic E-state index is 0.0166. The highest BCUT2D eigenvalue weighted by atomic mass is 14.8. The van der Waals surface area contributed by atoms with Crippen LogP contribution in [0.4, 0.5) is 0 Å². The van der Waals surface area contributed by atoms with E-state index in [9.17, 15) is 0 Å². The Bertz CT molecular complexity index is 276. The van der Waals surface area contributed by atoms with Gasteiger partial charge in [0.1, 0.15) is 0 Å². The number of hydrogen-bond donors (Lipinski definition) is 2. The van der Waals surface area contributed by atoms with Crippen molar-refractivity contribution in [3.05, 3.63) is 30.1 Å². The lowest BCUT2D eigenvalue weighted by atomic mass is 9.81. The van der Waals surface area contributed by atoms with E-state index in [1.54, 1.807) is 12.4 Å². The van der Waals surface area contributed by atoms with Crippen molar-refractivity contribution < 1.29 is 0 Å². The summed E-state index contributed by atoms with van der Waals surface area (Å²) in [7, 11) is 0. The Morgan fingerprint density at radius 3 is 2.07 bits per heavy atom. The molecule has 2 atom stereocenters. The van der Waals surface area contributed by atoms with Crippen LogP contribution in [-0.2, 0) is 0 Å². The smallest absolute Gasteiger partial charge is 0.0454 e. The summed E-state index contributed by atoms with van der Waals surface area (Å²) in [6.45, 7) is 6.29. The highest BCUT2D eigenvalue weighted by Crippen LogP contribution is 2.26. The van der Waals surface area contributed by atoms with Gasteiger partial charge in [-0.15, -0.1) is 0 Å². The number of hydrogen-bond acceptors (Lipinski definition) is 3. The Hall–Kier alpha value is -0.930. The Balaban J connectivity index is 2.81. The highest BCUT2D eigenvalue weighted by molar-refractivity contribution is 5.17. The van der Waals surface area contributed by atoms with Gasteiger partial charge in [0.25, 0.3) is 0 Å². The molecule has 0 aromatic carbocycles. The van der Waals surface area contributed by atoms with E-state index >= 15 is 0 Å². The molecule has 0 unspecified atom stereocenters. The van der Waals surface area contributed by atoms with Crippen molar-refractivity contribution in [1.29, 1.82) is 0 Å². The van der Waals surface area contributed by atoms with Crippen LogP contribution in [0.5, 0.6) is 0 Å². The fraction of sp³-hybridized carbons (Fsp3) is 0.545. The second-order valence-corrected chi connectivity index (χ2v) is 4.70. The van der Waals surface area contributed by atoms with E-state index in [1.165, 1.54) is 0 Å². The van der Waals surface area contributed by atoms with Crippen molar-refractivity contribution in [2.45, 2.75) is 32.9 Å². The molecule has 3 heteroatoms. The van der Waals surface area contributed by atoms with Gasteiger partial charge >= 0.3 is 0 Å². The molecule has 0 radical (unpaired) electrons. The summed E-state index contributed by atoms with van der Waals surface area (Å²) in [5.74, 6) is 0. The van der Waals surface area contributed by atoms with Crippen LogP contribution in [-0.4, -0.2) is 11.0 Å². The molecule has 0 fully saturated rings. The van der Waals surface area contributed by atoms with Crippen LogP contribution in [0.2, 0.25) is 0 Å². The first kappa shape index (κ1) is 11.1. The maximum absolute atomic E-state index is 6.08. The summed E-state index contributed by atoms with van der Waals surface area (Å²) in [5.41, 5.74) is 13.2. The SMILES string of the molecule is CC(C)(C)[C@H](N)[C@@H](N)c1ccncc1. The van der Waals surface area contributed by atoms with E-state index in [2.05, 4.69) is 25.8 Å². The van der Waals surface area contributed by atoms with Crippen LogP contribution >= 0.6 is 0 Å². The van der Waals surface area contributed by atoms with Crippen molar-refractivity contribution in [2.24, 2.45) is 16.9 Å². The Morgan fingerprint density at radius 2 is 1.64 bits per heavy atom. The molecule has 1 heterocycles. The summed E-state index contributed by atoms with van der Waals surface area (Å²) in [5, 5.41) is 0. The molecule has 14 heavy (non-hydrogen) atoms. The number of rotatable bonds is 2. The molecule has 1 rings (SSSR count). The number of nitrogens with two attached hydrogens (primary N) is 2. The molecule has 3 nitrogen and oxygen atoms in total. The normalized spacial score (nSPS) is 16.4. The van der Waals surface area contributed by atoms with Crippen LogP contribution < -0.4 is 11.5 Å². The lowest BCUT2D eigenvalue weighted by molar-refractivity contribution is 0.282. The predicted molar refractivity (Wildman–Crippen MR) is 58.6 cm³/mol. The van der Waals surface area contributed by atoms with E-state index in [4.69, 9.17) is 11.5 Å². The van der Waals surface area contributed by atoms with Crippen molar-refractivity contribution in [3.8, 4) is 0 Å². The van der Waals surface area contributed by atoms with E-state index in [0.29, 0.717) is 0 Å². The van der Waals surface area contributed by atoms with Gasteiger partial charge < -0.3 is 11.5 Å². The summed E-state index contributed by atoms with van der Waals surface area (Å²) in [4.78, 5) is 3.95. The lowest BCUT2D eigenvalue weighted by Crippen LogP contribution is -2.44. The number of aromatic nitrogens is 1. The zero-order chi connectivity index (χ0) is 10.8. The van der Waals surface area contributed by atoms with Crippen molar-refractivity contribution in [2.75, 3.05) is 0 Å². The molecule has 4 N–H and O–H groups in total. The van der Waals surface area contributed by atoms with Crippen LogP contribution in [0.15, 0.2) is 24.5 Å². The molecule has 0 aliphatic rings. The topological polar surface area (TPSA) is 64.9 Å². The van der Waals surface area contributed by atoms with Crippen molar-refractivity contribution in [1.82, 2.24) is 4.98 Å². The van der Waals surface area contributed by atoms with Gasteiger partial charge in [-0.05, 0) is 23.1 Å². The zero-order valence-electron chi connectivity index (χ0n) is 9.07. The maximum atomic E-state index is 6.08. The average molecular weight is 193 g/mol. The second kappa shape index (κ2) is 4.07. The van der Waals surface area contributed by atoms with Crippen LogP contribution in [0, 0.1) is 5.41 Å². The van der Waals surface area contributed by atoms with Gasteiger partial charge in [-0.25, -0.2) is 0 Å². The predicted octanol–water partition coefficient (Wildman–Crippen LogP) is 1.45. The quantitative estimate of drug-likeness (QED) is 0.747. The van der Waals surface area contributed by atoms with Gasteiger partial charge in [-0.1, -0.05) is 20.8 Å². The fourth-order valence-electron chi connectivity index (χ4n) is 1.33. The maximum Gasteiger partial charge on any atom is 0.0454 e. The Labute approximate surface area is 85.5 Å². The summed E-state index contributed by atoms with van der Waals surface area (Å²) >= 11 is 0. The van der Waals surface area contributed by atoms with Gasteiger partial charge in [0.15, 0.2) is 0 Å². The van der Waals surface area contributed by atoms with Crippen molar-refractivity contribution >= 4 is 0 Å². The minimum atomic E-state index is -0.127.